The number of benzene rings is 12. The Kier molecular flexibility index (Phi) is 32.9. The van der Waals surface area contributed by atoms with Crippen LogP contribution in [0.1, 0.15) is 41.4 Å². The van der Waals surface area contributed by atoms with Crippen molar-refractivity contribution < 1.29 is 48.7 Å². The molecule has 5 N–H and O–H groups in total. The first-order valence-corrected chi connectivity index (χ1v) is 45.0. The summed E-state index contributed by atoms with van der Waals surface area (Å²) in [5, 5.41) is 64.6. The number of nitro benzene ring substituents is 4. The van der Waals surface area contributed by atoms with Crippen LogP contribution in [0.15, 0.2) is 280 Å². The van der Waals surface area contributed by atoms with Crippen molar-refractivity contribution in [2.45, 2.75) is 36.9 Å². The molecule has 4 aromatic heterocycles. The van der Waals surface area contributed by atoms with Crippen LogP contribution in [-0.4, -0.2) is 88.7 Å². The predicted octanol–water partition coefficient (Wildman–Crippen LogP) is 27.3. The van der Waals surface area contributed by atoms with Gasteiger partial charge in [-0.3, -0.25) is 59.6 Å². The second-order valence-corrected chi connectivity index (χ2v) is 37.5. The summed E-state index contributed by atoms with van der Waals surface area (Å²) in [6, 6.07) is 66.6. The lowest BCUT2D eigenvalue weighted by Crippen LogP contribution is -2.12. The summed E-state index contributed by atoms with van der Waals surface area (Å²) in [4.78, 5) is 113. The number of nitrogens with one attached hydrogen (secondary N) is 4. The van der Waals surface area contributed by atoms with Crippen molar-refractivity contribution in [1.82, 2.24) is 19.9 Å². The van der Waals surface area contributed by atoms with Gasteiger partial charge in [0.25, 0.3) is 46.4 Å². The minimum absolute atomic E-state index is 0.00918. The molecule has 0 saturated carbocycles. The maximum Gasteiger partial charge on any atom is 0.270 e. The van der Waals surface area contributed by atoms with Crippen LogP contribution in [0.2, 0.25) is 40.2 Å². The molecule has 0 unspecified atom stereocenters. The highest BCUT2D eigenvalue weighted by Gasteiger charge is 2.24. The second kappa shape index (κ2) is 44.0. The Morgan fingerprint density at radius 1 is 0.328 bits per heavy atom. The van der Waals surface area contributed by atoms with Crippen molar-refractivity contribution in [1.29, 1.82) is 0 Å². The molecular weight excluding hydrogens is 1930 g/mol. The fourth-order valence-corrected chi connectivity index (χ4v) is 20.8. The van der Waals surface area contributed by atoms with Gasteiger partial charge < -0.3 is 31.1 Å². The number of ether oxygens (including phenoxy) is 1. The normalized spacial score (nSPS) is 10.8. The largest absolute Gasteiger partial charge is 0.394 e. The Hall–Kier alpha value is -10.7. The lowest BCUT2D eigenvalue weighted by atomic mass is 10.2. The molecule has 16 aromatic rings. The lowest BCUT2D eigenvalue weighted by Gasteiger charge is -2.09. The molecule has 12 aromatic carbocycles. The Labute approximate surface area is 780 Å². The quantitative estimate of drug-likeness (QED) is 0.0311. The van der Waals surface area contributed by atoms with Gasteiger partial charge in [-0.15, -0.1) is 45.3 Å². The van der Waals surface area contributed by atoms with Gasteiger partial charge in [-0.1, -0.05) is 188 Å². The highest BCUT2D eigenvalue weighted by molar-refractivity contribution is 8.02. The topological polar surface area (TPSA) is 370 Å². The summed E-state index contributed by atoms with van der Waals surface area (Å²) in [5.41, 5.74) is 4.67. The van der Waals surface area contributed by atoms with Gasteiger partial charge in [-0.05, 0) is 146 Å². The second-order valence-electron chi connectivity index (χ2n) is 25.0. The minimum Gasteiger partial charge on any atom is -0.394 e. The zero-order valence-electron chi connectivity index (χ0n) is 63.1. The molecule has 4 heterocycles. The number of non-ortho nitro benzene ring substituents is 4. The predicted molar refractivity (Wildman–Crippen MR) is 504 cm³/mol. The Balaban J connectivity index is 0.000000149. The molecule has 42 heteroatoms. The highest BCUT2D eigenvalue weighted by atomic mass is 35.5. The summed E-state index contributed by atoms with van der Waals surface area (Å²) in [7, 11) is 1.55. The number of nitro groups is 4. The number of aromatic nitrogens is 4. The van der Waals surface area contributed by atoms with E-state index in [0.29, 0.717) is 49.4 Å². The van der Waals surface area contributed by atoms with Crippen LogP contribution in [0, 0.1) is 40.5 Å². The number of aliphatic hydroxyl groups excluding tert-OH is 1. The molecule has 0 bridgehead atoms. The molecule has 16 rings (SSSR count). The molecule has 0 aliphatic carbocycles. The van der Waals surface area contributed by atoms with Crippen LogP contribution in [0.4, 0.5) is 45.5 Å². The van der Waals surface area contributed by atoms with Crippen molar-refractivity contribution >= 4 is 295 Å². The van der Waals surface area contributed by atoms with E-state index >= 15 is 0 Å². The lowest BCUT2D eigenvalue weighted by molar-refractivity contribution is -0.385. The zero-order valence-corrected chi connectivity index (χ0v) is 75.7. The smallest absolute Gasteiger partial charge is 0.270 e. The summed E-state index contributed by atoms with van der Waals surface area (Å²) >= 11 is 61.7. The molecule has 0 radical (unpaired) electrons. The number of aliphatic hydroxyl groups is 1. The van der Waals surface area contributed by atoms with E-state index < -0.39 is 43.3 Å². The number of carbonyl (C=O) groups excluding carboxylic acids is 4. The Bertz CT molecular complexity index is 5900. The van der Waals surface area contributed by atoms with Gasteiger partial charge in [0.2, 0.25) is 0 Å². The molecule has 26 nitrogen and oxygen atoms in total. The number of nitrogens with zero attached hydrogens (tertiary/aromatic N) is 8. The van der Waals surface area contributed by atoms with Gasteiger partial charge in [0.05, 0.1) is 136 Å². The van der Waals surface area contributed by atoms with Crippen LogP contribution in [0.5, 0.6) is 0 Å². The van der Waals surface area contributed by atoms with Crippen LogP contribution in [-0.2, 0) is 4.74 Å². The highest BCUT2D eigenvalue weighted by Crippen LogP contribution is 2.44. The number of fused-ring (bicyclic) bond motifs is 4. The van der Waals surface area contributed by atoms with Crippen molar-refractivity contribution in [2.75, 3.05) is 41.6 Å². The van der Waals surface area contributed by atoms with Gasteiger partial charge in [-0.25, -0.2) is 19.9 Å². The summed E-state index contributed by atoms with van der Waals surface area (Å²) in [6.07, 6.45) is 0. The van der Waals surface area contributed by atoms with E-state index in [2.05, 4.69) is 45.9 Å². The number of anilines is 4. The molecule has 632 valence electrons. The van der Waals surface area contributed by atoms with Gasteiger partial charge in [0.15, 0.2) is 17.4 Å². The summed E-state index contributed by atoms with van der Waals surface area (Å²) in [5.74, 6) is -2.25. The molecular formula is C83H52Cl8N12O14S8. The van der Waals surface area contributed by atoms with Crippen LogP contribution in [0.25, 0.3) is 40.9 Å². The molecule has 0 saturated heterocycles. The SMILES string of the molecule is COCCO.O=C(Nc1ccc(Sc2nc3ccccc3s2)c(Cl)c1)c1cc([N+](=O)[O-])ccc1Cl.O=C(Nc1ccc(Sc2nc3ccccc3s2)c(Cl)c1)c1cc([N+](=O)[O-])ccc1Cl.O=C(Nc1ccc(Sc2nc3ccccc3s2)c(Cl)c1)c1cc([N+](=O)[O-])ccc1Cl.O=C(Nc1ccc(Sc2nc3ccccc3s2)c(Cl)c1)c1cc([N+](=O)[O-])ccc1Cl. The van der Waals surface area contributed by atoms with E-state index in [-0.39, 0.29) is 71.7 Å². The van der Waals surface area contributed by atoms with Gasteiger partial charge in [-0.2, -0.15) is 0 Å². The molecule has 0 fully saturated rings. The number of hydrogen-bond donors (Lipinski definition) is 5. The van der Waals surface area contributed by atoms with Crippen molar-refractivity contribution in [3.05, 3.63) is 346 Å². The molecule has 0 atom stereocenters. The number of carbonyl (C=O) groups is 4. The fourth-order valence-electron chi connectivity index (χ4n) is 10.7. The third kappa shape index (κ3) is 25.4. The van der Waals surface area contributed by atoms with Crippen LogP contribution >= 0.6 is 185 Å². The number of para-hydroxylation sites is 4. The molecule has 125 heavy (non-hydrogen) atoms. The third-order valence-electron chi connectivity index (χ3n) is 16.6. The van der Waals surface area contributed by atoms with E-state index in [1.54, 1.807) is 125 Å². The van der Waals surface area contributed by atoms with E-state index in [4.69, 9.17) is 97.9 Å². The number of halogens is 8. The van der Waals surface area contributed by atoms with Gasteiger partial charge >= 0.3 is 0 Å². The molecule has 4 amide bonds. The van der Waals surface area contributed by atoms with Crippen molar-refractivity contribution in [3.8, 4) is 0 Å². The maximum atomic E-state index is 12.5. The first kappa shape index (κ1) is 93.5. The van der Waals surface area contributed by atoms with Gasteiger partial charge in [0.1, 0.15) is 0 Å². The first-order chi connectivity index (χ1) is 60.0. The molecule has 0 aliphatic rings. The van der Waals surface area contributed by atoms with Crippen LogP contribution in [0.3, 0.4) is 0 Å². The number of hydrogen-bond acceptors (Lipinski definition) is 26. The Morgan fingerprint density at radius 2 is 0.544 bits per heavy atom. The molecule has 0 spiro atoms. The van der Waals surface area contributed by atoms with Gasteiger partial charge in [0, 0.05) is 98.0 Å². The first-order valence-electron chi connectivity index (χ1n) is 35.5. The van der Waals surface area contributed by atoms with E-state index in [1.807, 2.05) is 97.1 Å². The Morgan fingerprint density at radius 3 is 0.720 bits per heavy atom. The van der Waals surface area contributed by atoms with E-state index in [0.717, 1.165) is 102 Å². The summed E-state index contributed by atoms with van der Waals surface area (Å²) in [6.45, 7) is 0.566. The zero-order chi connectivity index (χ0) is 89.1. The van der Waals surface area contributed by atoms with E-state index in [1.165, 1.54) is 95.6 Å². The van der Waals surface area contributed by atoms with E-state index in [9.17, 15) is 59.6 Å². The fraction of sp³-hybridized carbons (Fsp3) is 0.0361. The van der Waals surface area contributed by atoms with Crippen LogP contribution < -0.4 is 21.3 Å². The number of rotatable bonds is 22. The number of amides is 4. The summed E-state index contributed by atoms with van der Waals surface area (Å²) < 4.78 is 12.2. The maximum absolute atomic E-state index is 12.5. The average Bonchev–Trinajstić information content (AvgIpc) is 1.76. The van der Waals surface area contributed by atoms with Crippen molar-refractivity contribution in [2.24, 2.45) is 0 Å². The average molecular weight is 1980 g/mol. The van der Waals surface area contributed by atoms with Crippen molar-refractivity contribution in [3.63, 3.8) is 0 Å². The number of thiazole rings is 4. The monoisotopic (exact) mass is 1980 g/mol. The molecule has 0 aliphatic heterocycles. The standard InChI is InChI=1S/4C20H11Cl2N3O3S2.C3H8O2/c4*21-14-7-6-12(25(27)28)10-13(14)19(26)23-11-5-8-17(15(22)9-11)29-20-24-16-3-1-2-4-18(16)30-20;1-5-3-2-4/h4*1-10H,(H,23,26);4H,2-3H2,1H3. The minimum atomic E-state index is -0.585. The third-order valence-corrected chi connectivity index (χ3v) is 28.3. The number of methoxy groups -OCH3 is 1.